The Hall–Kier alpha value is -1.38. The summed E-state index contributed by atoms with van der Waals surface area (Å²) in [6.45, 7) is 4.65. The summed E-state index contributed by atoms with van der Waals surface area (Å²) in [6, 6.07) is 5.04. The van der Waals surface area contributed by atoms with Crippen LogP contribution in [0.5, 0.6) is 17.2 Å². The minimum absolute atomic E-state index is 0.0954. The van der Waals surface area contributed by atoms with Crippen molar-refractivity contribution in [1.82, 2.24) is 0 Å². The van der Waals surface area contributed by atoms with Gasteiger partial charge in [0.05, 0.1) is 12.7 Å². The lowest BCUT2D eigenvalue weighted by molar-refractivity contribution is 0.238. The molecule has 3 nitrogen and oxygen atoms in total. The molecule has 1 N–H and O–H groups in total. The SMILES string of the molecule is CC(C)Oc1cc(O)cc(OCC2CC2)c1. The summed E-state index contributed by atoms with van der Waals surface area (Å²) >= 11 is 0. The molecule has 0 radical (unpaired) electrons. The molecule has 1 saturated carbocycles. The van der Waals surface area contributed by atoms with Crippen LogP contribution in [0.2, 0.25) is 0 Å². The molecule has 1 aliphatic carbocycles. The largest absolute Gasteiger partial charge is 0.508 e. The van der Waals surface area contributed by atoms with Crippen molar-refractivity contribution in [2.45, 2.75) is 32.8 Å². The third kappa shape index (κ3) is 3.33. The van der Waals surface area contributed by atoms with Crippen LogP contribution in [0.1, 0.15) is 26.7 Å². The van der Waals surface area contributed by atoms with E-state index in [1.54, 1.807) is 12.1 Å². The first-order valence-corrected chi connectivity index (χ1v) is 5.77. The molecule has 1 aromatic rings. The zero-order valence-electron chi connectivity index (χ0n) is 9.77. The van der Waals surface area contributed by atoms with Gasteiger partial charge in [0, 0.05) is 18.2 Å². The molecule has 0 aromatic heterocycles. The molecule has 0 unspecified atom stereocenters. The van der Waals surface area contributed by atoms with Crippen molar-refractivity contribution in [3.63, 3.8) is 0 Å². The molecule has 2 rings (SSSR count). The van der Waals surface area contributed by atoms with Gasteiger partial charge in [-0.25, -0.2) is 0 Å². The molecule has 0 heterocycles. The average molecular weight is 222 g/mol. The van der Waals surface area contributed by atoms with E-state index in [2.05, 4.69) is 0 Å². The second-order valence-electron chi connectivity index (χ2n) is 4.58. The number of hydrogen-bond acceptors (Lipinski definition) is 3. The molecule has 1 fully saturated rings. The Morgan fingerprint density at radius 3 is 2.56 bits per heavy atom. The predicted octanol–water partition coefficient (Wildman–Crippen LogP) is 2.97. The van der Waals surface area contributed by atoms with Gasteiger partial charge in [-0.05, 0) is 32.6 Å². The zero-order valence-corrected chi connectivity index (χ0v) is 9.77. The van der Waals surface area contributed by atoms with Crippen LogP contribution >= 0.6 is 0 Å². The molecule has 1 aromatic carbocycles. The highest BCUT2D eigenvalue weighted by Gasteiger charge is 2.22. The first-order valence-electron chi connectivity index (χ1n) is 5.77. The van der Waals surface area contributed by atoms with Crippen LogP contribution in [-0.2, 0) is 0 Å². The smallest absolute Gasteiger partial charge is 0.127 e. The molecular weight excluding hydrogens is 204 g/mol. The van der Waals surface area contributed by atoms with Gasteiger partial charge in [0.1, 0.15) is 17.2 Å². The Labute approximate surface area is 96.0 Å². The normalized spacial score (nSPS) is 15.2. The van der Waals surface area contributed by atoms with Crippen molar-refractivity contribution in [3.8, 4) is 17.2 Å². The second kappa shape index (κ2) is 4.64. The Kier molecular flexibility index (Phi) is 3.22. The zero-order chi connectivity index (χ0) is 11.5. The average Bonchev–Trinajstić information content (AvgIpc) is 2.95. The number of phenolic OH excluding ortho intramolecular Hbond substituents is 1. The van der Waals surface area contributed by atoms with Gasteiger partial charge < -0.3 is 14.6 Å². The summed E-state index contributed by atoms with van der Waals surface area (Å²) in [5, 5.41) is 9.53. The summed E-state index contributed by atoms with van der Waals surface area (Å²) in [5.41, 5.74) is 0. The van der Waals surface area contributed by atoms with Gasteiger partial charge >= 0.3 is 0 Å². The lowest BCUT2D eigenvalue weighted by Crippen LogP contribution is -2.06. The highest BCUT2D eigenvalue weighted by molar-refractivity contribution is 5.41. The summed E-state index contributed by atoms with van der Waals surface area (Å²) in [5.74, 6) is 2.23. The van der Waals surface area contributed by atoms with E-state index in [0.29, 0.717) is 17.4 Å². The highest BCUT2D eigenvalue weighted by atomic mass is 16.5. The third-order valence-electron chi connectivity index (χ3n) is 2.42. The third-order valence-corrected chi connectivity index (χ3v) is 2.42. The maximum atomic E-state index is 9.53. The molecule has 16 heavy (non-hydrogen) atoms. The first kappa shape index (κ1) is 11.1. The standard InChI is InChI=1S/C13H18O3/c1-9(2)16-13-6-11(14)5-12(7-13)15-8-10-3-4-10/h5-7,9-10,14H,3-4,8H2,1-2H3. The number of phenols is 1. The molecule has 0 amide bonds. The van der Waals surface area contributed by atoms with E-state index in [-0.39, 0.29) is 11.9 Å². The molecular formula is C13H18O3. The van der Waals surface area contributed by atoms with Gasteiger partial charge in [0.15, 0.2) is 0 Å². The van der Waals surface area contributed by atoms with E-state index in [9.17, 15) is 5.11 Å². The van der Waals surface area contributed by atoms with Gasteiger partial charge in [0.25, 0.3) is 0 Å². The van der Waals surface area contributed by atoms with Crippen LogP contribution in [0.15, 0.2) is 18.2 Å². The molecule has 1 aliphatic rings. The molecule has 0 bridgehead atoms. The number of hydrogen-bond donors (Lipinski definition) is 1. The summed E-state index contributed by atoms with van der Waals surface area (Å²) in [6.07, 6.45) is 2.61. The van der Waals surface area contributed by atoms with E-state index in [1.165, 1.54) is 12.8 Å². The second-order valence-corrected chi connectivity index (χ2v) is 4.58. The lowest BCUT2D eigenvalue weighted by Gasteiger charge is -2.12. The van der Waals surface area contributed by atoms with E-state index in [4.69, 9.17) is 9.47 Å². The van der Waals surface area contributed by atoms with Gasteiger partial charge in [0.2, 0.25) is 0 Å². The van der Waals surface area contributed by atoms with Gasteiger partial charge in [-0.2, -0.15) is 0 Å². The number of rotatable bonds is 5. The van der Waals surface area contributed by atoms with E-state index in [1.807, 2.05) is 19.9 Å². The maximum Gasteiger partial charge on any atom is 0.127 e. The summed E-state index contributed by atoms with van der Waals surface area (Å²) in [7, 11) is 0. The Morgan fingerprint density at radius 1 is 1.25 bits per heavy atom. The lowest BCUT2D eigenvalue weighted by atomic mass is 10.3. The van der Waals surface area contributed by atoms with Crippen LogP contribution in [0.25, 0.3) is 0 Å². The fourth-order valence-electron chi connectivity index (χ4n) is 1.48. The number of aromatic hydroxyl groups is 1. The van der Waals surface area contributed by atoms with Crippen LogP contribution in [0, 0.1) is 5.92 Å². The minimum atomic E-state index is 0.0954. The summed E-state index contributed by atoms with van der Waals surface area (Å²) in [4.78, 5) is 0. The molecule has 0 aliphatic heterocycles. The minimum Gasteiger partial charge on any atom is -0.508 e. The Bertz CT molecular complexity index is 356. The van der Waals surface area contributed by atoms with Crippen molar-refractivity contribution >= 4 is 0 Å². The molecule has 88 valence electrons. The molecule has 0 spiro atoms. The van der Waals surface area contributed by atoms with E-state index < -0.39 is 0 Å². The van der Waals surface area contributed by atoms with Crippen molar-refractivity contribution < 1.29 is 14.6 Å². The summed E-state index contributed by atoms with van der Waals surface area (Å²) < 4.78 is 11.1. The van der Waals surface area contributed by atoms with Gasteiger partial charge in [-0.1, -0.05) is 0 Å². The van der Waals surface area contributed by atoms with Crippen molar-refractivity contribution in [1.29, 1.82) is 0 Å². The van der Waals surface area contributed by atoms with Gasteiger partial charge in [-0.3, -0.25) is 0 Å². The van der Waals surface area contributed by atoms with Crippen molar-refractivity contribution in [3.05, 3.63) is 18.2 Å². The predicted molar refractivity (Wildman–Crippen MR) is 62.1 cm³/mol. The number of benzene rings is 1. The maximum absolute atomic E-state index is 9.53. The fourth-order valence-corrected chi connectivity index (χ4v) is 1.48. The monoisotopic (exact) mass is 222 g/mol. The Balaban J connectivity index is 2.01. The number of ether oxygens (including phenoxy) is 2. The van der Waals surface area contributed by atoms with Gasteiger partial charge in [-0.15, -0.1) is 0 Å². The molecule has 0 atom stereocenters. The fraction of sp³-hybridized carbons (Fsp3) is 0.538. The quantitative estimate of drug-likeness (QED) is 0.832. The van der Waals surface area contributed by atoms with Crippen LogP contribution < -0.4 is 9.47 Å². The Morgan fingerprint density at radius 2 is 1.94 bits per heavy atom. The van der Waals surface area contributed by atoms with Crippen LogP contribution in [0.3, 0.4) is 0 Å². The van der Waals surface area contributed by atoms with E-state index in [0.717, 1.165) is 6.61 Å². The first-order chi connectivity index (χ1) is 7.63. The van der Waals surface area contributed by atoms with Crippen LogP contribution in [-0.4, -0.2) is 17.8 Å². The van der Waals surface area contributed by atoms with Crippen molar-refractivity contribution in [2.75, 3.05) is 6.61 Å². The van der Waals surface area contributed by atoms with Crippen molar-refractivity contribution in [2.24, 2.45) is 5.92 Å². The highest BCUT2D eigenvalue weighted by Crippen LogP contribution is 2.32. The van der Waals surface area contributed by atoms with E-state index >= 15 is 0 Å². The van der Waals surface area contributed by atoms with Crippen LogP contribution in [0.4, 0.5) is 0 Å². The topological polar surface area (TPSA) is 38.7 Å². The molecule has 0 saturated heterocycles. The molecule has 3 heteroatoms.